The van der Waals surface area contributed by atoms with Gasteiger partial charge in [-0.05, 0) is 37.5 Å². The first-order valence-corrected chi connectivity index (χ1v) is 8.22. The molecule has 0 unspecified atom stereocenters. The topological polar surface area (TPSA) is 73.2 Å². The first-order chi connectivity index (χ1) is 11.5. The van der Waals surface area contributed by atoms with Crippen molar-refractivity contribution in [3.05, 3.63) is 35.6 Å². The Balaban J connectivity index is 1.92. The standard InChI is InChI=1S/C18H22FN3O2/c1-2-22(17(24)18(13-20)9-3-4-10-18)12-16(23)21-11-14-5-7-15(19)8-6-14/h5-8H,2-4,9-12H2,1H3,(H,21,23). The molecule has 1 aliphatic rings. The molecule has 128 valence electrons. The Morgan fingerprint density at radius 2 is 1.92 bits per heavy atom. The number of carbonyl (C=O) groups excluding carboxylic acids is 2. The third-order valence-electron chi connectivity index (χ3n) is 4.49. The van der Waals surface area contributed by atoms with Crippen molar-refractivity contribution < 1.29 is 14.0 Å². The van der Waals surface area contributed by atoms with Crippen LogP contribution in [0.1, 0.15) is 38.2 Å². The molecule has 0 heterocycles. The predicted octanol–water partition coefficient (Wildman–Crippen LogP) is 2.37. The van der Waals surface area contributed by atoms with Crippen molar-refractivity contribution >= 4 is 11.8 Å². The van der Waals surface area contributed by atoms with E-state index < -0.39 is 5.41 Å². The van der Waals surface area contributed by atoms with Crippen molar-refractivity contribution in [2.45, 2.75) is 39.2 Å². The summed E-state index contributed by atoms with van der Waals surface area (Å²) in [5.41, 5.74) is -0.184. The van der Waals surface area contributed by atoms with Gasteiger partial charge in [-0.15, -0.1) is 0 Å². The van der Waals surface area contributed by atoms with E-state index in [9.17, 15) is 19.2 Å². The zero-order valence-corrected chi connectivity index (χ0v) is 13.8. The first kappa shape index (κ1) is 17.9. The van der Waals surface area contributed by atoms with Gasteiger partial charge in [-0.25, -0.2) is 4.39 Å². The zero-order valence-electron chi connectivity index (χ0n) is 13.8. The van der Waals surface area contributed by atoms with Crippen LogP contribution in [0.15, 0.2) is 24.3 Å². The number of halogens is 1. The highest BCUT2D eigenvalue weighted by Crippen LogP contribution is 2.39. The minimum atomic E-state index is -0.965. The fourth-order valence-corrected chi connectivity index (χ4v) is 3.01. The van der Waals surface area contributed by atoms with Crippen molar-refractivity contribution in [3.63, 3.8) is 0 Å². The van der Waals surface area contributed by atoms with Gasteiger partial charge >= 0.3 is 0 Å². The Hall–Kier alpha value is -2.42. The number of rotatable bonds is 6. The van der Waals surface area contributed by atoms with Crippen LogP contribution in [0.25, 0.3) is 0 Å². The van der Waals surface area contributed by atoms with Gasteiger partial charge in [0.2, 0.25) is 11.8 Å². The van der Waals surface area contributed by atoms with Gasteiger partial charge in [-0.1, -0.05) is 25.0 Å². The fourth-order valence-electron chi connectivity index (χ4n) is 3.01. The van der Waals surface area contributed by atoms with Crippen LogP contribution in [0, 0.1) is 22.6 Å². The zero-order chi connectivity index (χ0) is 17.6. The van der Waals surface area contributed by atoms with Gasteiger partial charge in [-0.2, -0.15) is 5.26 Å². The summed E-state index contributed by atoms with van der Waals surface area (Å²) in [5, 5.41) is 12.1. The van der Waals surface area contributed by atoms with Crippen molar-refractivity contribution in [3.8, 4) is 6.07 Å². The first-order valence-electron chi connectivity index (χ1n) is 8.22. The number of hydrogen-bond acceptors (Lipinski definition) is 3. The van der Waals surface area contributed by atoms with E-state index >= 15 is 0 Å². The maximum atomic E-state index is 12.9. The van der Waals surface area contributed by atoms with Crippen molar-refractivity contribution in [1.82, 2.24) is 10.2 Å². The van der Waals surface area contributed by atoms with Gasteiger partial charge in [0.05, 0.1) is 12.6 Å². The Morgan fingerprint density at radius 3 is 2.46 bits per heavy atom. The molecule has 1 fully saturated rings. The molecule has 0 bridgehead atoms. The second-order valence-electron chi connectivity index (χ2n) is 6.12. The molecular weight excluding hydrogens is 309 g/mol. The van der Waals surface area contributed by atoms with Crippen LogP contribution < -0.4 is 5.32 Å². The molecule has 1 aromatic carbocycles. The van der Waals surface area contributed by atoms with E-state index in [1.54, 1.807) is 19.1 Å². The van der Waals surface area contributed by atoms with Gasteiger partial charge < -0.3 is 10.2 Å². The molecule has 6 heteroatoms. The second-order valence-corrected chi connectivity index (χ2v) is 6.12. The molecule has 1 aromatic rings. The van der Waals surface area contributed by atoms with Gasteiger partial charge in [0.25, 0.3) is 0 Å². The van der Waals surface area contributed by atoms with E-state index in [0.717, 1.165) is 18.4 Å². The maximum Gasteiger partial charge on any atom is 0.243 e. The summed E-state index contributed by atoms with van der Waals surface area (Å²) in [5.74, 6) is -0.867. The lowest BCUT2D eigenvalue weighted by Gasteiger charge is -2.28. The van der Waals surface area contributed by atoms with E-state index in [0.29, 0.717) is 19.4 Å². The molecule has 0 atom stereocenters. The molecule has 5 nitrogen and oxygen atoms in total. The molecule has 0 saturated heterocycles. The van der Waals surface area contributed by atoms with Crippen LogP contribution >= 0.6 is 0 Å². The molecule has 1 saturated carbocycles. The monoisotopic (exact) mass is 331 g/mol. The number of nitrogens with one attached hydrogen (secondary N) is 1. The summed E-state index contributed by atoms with van der Waals surface area (Å²) in [6.07, 6.45) is 2.87. The van der Waals surface area contributed by atoms with Crippen LogP contribution in [0.3, 0.4) is 0 Å². The Bertz CT molecular complexity index is 631. The highest BCUT2D eigenvalue weighted by atomic mass is 19.1. The minimum Gasteiger partial charge on any atom is -0.350 e. The Kier molecular flexibility index (Phi) is 5.91. The Labute approximate surface area is 141 Å². The molecule has 24 heavy (non-hydrogen) atoms. The van der Waals surface area contributed by atoms with Gasteiger partial charge in [0.15, 0.2) is 0 Å². The number of amides is 2. The number of carbonyl (C=O) groups is 2. The average Bonchev–Trinajstić information content (AvgIpc) is 3.09. The number of nitriles is 1. The number of nitrogens with zero attached hydrogens (tertiary/aromatic N) is 2. The molecule has 1 aliphatic carbocycles. The van der Waals surface area contributed by atoms with Crippen LogP contribution in [-0.2, 0) is 16.1 Å². The molecule has 2 rings (SSSR count). The normalized spacial score (nSPS) is 15.5. The van der Waals surface area contributed by atoms with E-state index in [-0.39, 0.29) is 30.7 Å². The highest BCUT2D eigenvalue weighted by molar-refractivity contribution is 5.89. The number of likely N-dealkylation sites (N-methyl/N-ethyl adjacent to an activating group) is 1. The fraction of sp³-hybridized carbons (Fsp3) is 0.500. The lowest BCUT2D eigenvalue weighted by Crippen LogP contribution is -2.46. The molecule has 0 aliphatic heterocycles. The van der Waals surface area contributed by atoms with Crippen molar-refractivity contribution in [1.29, 1.82) is 5.26 Å². The van der Waals surface area contributed by atoms with Crippen LogP contribution in [-0.4, -0.2) is 29.8 Å². The predicted molar refractivity (Wildman–Crippen MR) is 87.0 cm³/mol. The largest absolute Gasteiger partial charge is 0.350 e. The van der Waals surface area contributed by atoms with E-state index in [1.165, 1.54) is 17.0 Å². The van der Waals surface area contributed by atoms with E-state index in [4.69, 9.17) is 0 Å². The lowest BCUT2D eigenvalue weighted by molar-refractivity contribution is -0.142. The molecule has 0 spiro atoms. The summed E-state index contributed by atoms with van der Waals surface area (Å²) >= 11 is 0. The quantitative estimate of drug-likeness (QED) is 0.870. The van der Waals surface area contributed by atoms with Crippen molar-refractivity contribution in [2.24, 2.45) is 5.41 Å². The molecular formula is C18H22FN3O2. The van der Waals surface area contributed by atoms with E-state index in [2.05, 4.69) is 11.4 Å². The van der Waals surface area contributed by atoms with Gasteiger partial charge in [0.1, 0.15) is 11.2 Å². The smallest absolute Gasteiger partial charge is 0.243 e. The second kappa shape index (κ2) is 7.91. The highest BCUT2D eigenvalue weighted by Gasteiger charge is 2.43. The summed E-state index contributed by atoms with van der Waals surface area (Å²) in [6.45, 7) is 2.38. The summed E-state index contributed by atoms with van der Waals surface area (Å²) in [7, 11) is 0. The lowest BCUT2D eigenvalue weighted by atomic mass is 9.86. The third kappa shape index (κ3) is 4.10. The van der Waals surface area contributed by atoms with Crippen LogP contribution in [0.5, 0.6) is 0 Å². The maximum absolute atomic E-state index is 12.9. The number of hydrogen-bond donors (Lipinski definition) is 1. The summed E-state index contributed by atoms with van der Waals surface area (Å²) < 4.78 is 12.9. The summed E-state index contributed by atoms with van der Waals surface area (Å²) in [6, 6.07) is 8.03. The van der Waals surface area contributed by atoms with Crippen LogP contribution in [0.4, 0.5) is 4.39 Å². The summed E-state index contributed by atoms with van der Waals surface area (Å²) in [4.78, 5) is 26.2. The minimum absolute atomic E-state index is 0.0695. The van der Waals surface area contributed by atoms with E-state index in [1.807, 2.05) is 0 Å². The number of benzene rings is 1. The molecule has 1 N–H and O–H groups in total. The SMILES string of the molecule is CCN(CC(=O)NCc1ccc(F)cc1)C(=O)C1(C#N)CCCC1. The molecule has 0 radical (unpaired) electrons. The van der Waals surface area contributed by atoms with Crippen LogP contribution in [0.2, 0.25) is 0 Å². The third-order valence-corrected chi connectivity index (χ3v) is 4.49. The average molecular weight is 331 g/mol. The Morgan fingerprint density at radius 1 is 1.29 bits per heavy atom. The van der Waals surface area contributed by atoms with Crippen molar-refractivity contribution in [2.75, 3.05) is 13.1 Å². The van der Waals surface area contributed by atoms with Gasteiger partial charge in [0, 0.05) is 13.1 Å². The molecule has 0 aromatic heterocycles. The molecule has 2 amide bonds. The van der Waals surface area contributed by atoms with Gasteiger partial charge in [-0.3, -0.25) is 9.59 Å².